The molecule has 0 spiro atoms. The summed E-state index contributed by atoms with van der Waals surface area (Å²) in [6.07, 6.45) is 3.10. The standard InChI is InChI=1S/C13H15FN4O2/c14-10-8-11(18(19)20)9-4-3-7-16-12(9)13(10)17-6-2-1-5-15/h3-4,7-8,17H,1-2,5-6,15H2. The molecule has 0 saturated carbocycles. The van der Waals surface area contributed by atoms with E-state index in [4.69, 9.17) is 5.73 Å². The van der Waals surface area contributed by atoms with E-state index in [1.54, 1.807) is 12.1 Å². The number of rotatable bonds is 6. The number of unbranched alkanes of at least 4 members (excludes halogenated alkanes) is 1. The predicted molar refractivity (Wildman–Crippen MR) is 75.1 cm³/mol. The lowest BCUT2D eigenvalue weighted by Gasteiger charge is -2.10. The molecule has 1 aromatic carbocycles. The number of nitro groups is 1. The quantitative estimate of drug-likeness (QED) is 0.481. The van der Waals surface area contributed by atoms with Crippen LogP contribution in [-0.2, 0) is 0 Å². The highest BCUT2D eigenvalue weighted by Gasteiger charge is 2.19. The number of hydrogen-bond donors (Lipinski definition) is 2. The van der Waals surface area contributed by atoms with Crippen LogP contribution in [0.4, 0.5) is 15.8 Å². The molecule has 2 rings (SSSR count). The highest BCUT2D eigenvalue weighted by molar-refractivity contribution is 5.97. The van der Waals surface area contributed by atoms with Gasteiger partial charge in [-0.3, -0.25) is 15.1 Å². The second-order valence-corrected chi connectivity index (χ2v) is 4.33. The van der Waals surface area contributed by atoms with Crippen molar-refractivity contribution in [1.29, 1.82) is 0 Å². The normalized spacial score (nSPS) is 10.7. The van der Waals surface area contributed by atoms with Crippen molar-refractivity contribution in [2.75, 3.05) is 18.4 Å². The van der Waals surface area contributed by atoms with E-state index in [2.05, 4.69) is 10.3 Å². The van der Waals surface area contributed by atoms with Crippen molar-refractivity contribution in [3.05, 3.63) is 40.3 Å². The highest BCUT2D eigenvalue weighted by atomic mass is 19.1. The summed E-state index contributed by atoms with van der Waals surface area (Å²) in [5.41, 5.74) is 5.58. The molecule has 1 aromatic heterocycles. The van der Waals surface area contributed by atoms with E-state index in [1.165, 1.54) is 6.20 Å². The molecule has 106 valence electrons. The Hall–Kier alpha value is -2.28. The summed E-state index contributed by atoms with van der Waals surface area (Å²) in [6, 6.07) is 4.08. The number of benzene rings is 1. The summed E-state index contributed by atoms with van der Waals surface area (Å²) in [6.45, 7) is 1.11. The van der Waals surface area contributed by atoms with Gasteiger partial charge in [-0.2, -0.15) is 0 Å². The van der Waals surface area contributed by atoms with Gasteiger partial charge in [0.1, 0.15) is 5.52 Å². The van der Waals surface area contributed by atoms with Crippen LogP contribution >= 0.6 is 0 Å². The van der Waals surface area contributed by atoms with Gasteiger partial charge in [0.15, 0.2) is 5.82 Å². The molecule has 0 atom stereocenters. The van der Waals surface area contributed by atoms with E-state index in [-0.39, 0.29) is 16.9 Å². The lowest BCUT2D eigenvalue weighted by molar-refractivity contribution is -0.383. The lowest BCUT2D eigenvalue weighted by atomic mass is 10.1. The van der Waals surface area contributed by atoms with Crippen molar-refractivity contribution in [3.63, 3.8) is 0 Å². The van der Waals surface area contributed by atoms with Gasteiger partial charge in [-0.25, -0.2) is 4.39 Å². The third-order valence-electron chi connectivity index (χ3n) is 2.95. The van der Waals surface area contributed by atoms with Gasteiger partial charge >= 0.3 is 0 Å². The Morgan fingerprint density at radius 3 is 2.95 bits per heavy atom. The van der Waals surface area contributed by atoms with Crippen molar-refractivity contribution in [2.24, 2.45) is 5.73 Å². The number of pyridine rings is 1. The molecule has 7 heteroatoms. The Morgan fingerprint density at radius 1 is 1.45 bits per heavy atom. The molecule has 20 heavy (non-hydrogen) atoms. The maximum Gasteiger partial charge on any atom is 0.281 e. The molecule has 0 bridgehead atoms. The molecule has 0 saturated heterocycles. The van der Waals surface area contributed by atoms with E-state index in [9.17, 15) is 14.5 Å². The first-order valence-electron chi connectivity index (χ1n) is 6.30. The fourth-order valence-corrected chi connectivity index (χ4v) is 2.00. The maximum absolute atomic E-state index is 14.0. The van der Waals surface area contributed by atoms with Crippen LogP contribution in [0, 0.1) is 15.9 Å². The summed E-state index contributed by atoms with van der Waals surface area (Å²) in [4.78, 5) is 14.4. The third-order valence-corrected chi connectivity index (χ3v) is 2.95. The molecule has 3 N–H and O–H groups in total. The number of hydrogen-bond acceptors (Lipinski definition) is 5. The molecule has 0 unspecified atom stereocenters. The molecule has 6 nitrogen and oxygen atoms in total. The summed E-state index contributed by atoms with van der Waals surface area (Å²) < 4.78 is 14.0. The fraction of sp³-hybridized carbons (Fsp3) is 0.308. The molecule has 0 aliphatic rings. The van der Waals surface area contributed by atoms with Crippen LogP contribution in [0.1, 0.15) is 12.8 Å². The van der Waals surface area contributed by atoms with Gasteiger partial charge in [-0.05, 0) is 31.5 Å². The maximum atomic E-state index is 14.0. The second kappa shape index (κ2) is 6.25. The molecule has 2 aromatic rings. The van der Waals surface area contributed by atoms with Crippen molar-refractivity contribution in [2.45, 2.75) is 12.8 Å². The van der Waals surface area contributed by atoms with E-state index in [1.807, 2.05) is 0 Å². The highest BCUT2D eigenvalue weighted by Crippen LogP contribution is 2.32. The average molecular weight is 278 g/mol. The second-order valence-electron chi connectivity index (χ2n) is 4.33. The Kier molecular flexibility index (Phi) is 4.41. The van der Waals surface area contributed by atoms with Crippen LogP contribution in [0.3, 0.4) is 0 Å². The number of anilines is 1. The van der Waals surface area contributed by atoms with Crippen LogP contribution < -0.4 is 11.1 Å². The first-order valence-corrected chi connectivity index (χ1v) is 6.30. The van der Waals surface area contributed by atoms with Crippen molar-refractivity contribution in [3.8, 4) is 0 Å². The summed E-state index contributed by atoms with van der Waals surface area (Å²) >= 11 is 0. The van der Waals surface area contributed by atoms with Crippen molar-refractivity contribution >= 4 is 22.3 Å². The first-order chi connectivity index (χ1) is 9.65. The number of halogens is 1. The van der Waals surface area contributed by atoms with Gasteiger partial charge in [-0.1, -0.05) is 0 Å². The van der Waals surface area contributed by atoms with E-state index in [0.29, 0.717) is 18.5 Å². The van der Waals surface area contributed by atoms with Crippen LogP contribution in [0.2, 0.25) is 0 Å². The van der Waals surface area contributed by atoms with E-state index < -0.39 is 10.7 Å². The van der Waals surface area contributed by atoms with Gasteiger partial charge in [0.05, 0.1) is 22.1 Å². The molecule has 1 heterocycles. The minimum Gasteiger partial charge on any atom is -0.381 e. The van der Waals surface area contributed by atoms with Crippen LogP contribution in [0.15, 0.2) is 24.4 Å². The van der Waals surface area contributed by atoms with Gasteiger partial charge in [-0.15, -0.1) is 0 Å². The van der Waals surface area contributed by atoms with Crippen molar-refractivity contribution < 1.29 is 9.31 Å². The molecule has 0 fully saturated rings. The van der Waals surface area contributed by atoms with Gasteiger partial charge in [0.25, 0.3) is 5.69 Å². The zero-order valence-corrected chi connectivity index (χ0v) is 10.8. The van der Waals surface area contributed by atoms with Gasteiger partial charge in [0.2, 0.25) is 0 Å². The zero-order valence-electron chi connectivity index (χ0n) is 10.8. The zero-order chi connectivity index (χ0) is 14.5. The van der Waals surface area contributed by atoms with Gasteiger partial charge in [0, 0.05) is 12.7 Å². The predicted octanol–water partition coefficient (Wildman–Crippen LogP) is 2.43. The van der Waals surface area contributed by atoms with Crippen LogP contribution in [0.5, 0.6) is 0 Å². The minimum atomic E-state index is -0.671. The minimum absolute atomic E-state index is 0.197. The van der Waals surface area contributed by atoms with E-state index >= 15 is 0 Å². The number of fused-ring (bicyclic) bond motifs is 1. The first kappa shape index (κ1) is 14.1. The third kappa shape index (κ3) is 2.83. The SMILES string of the molecule is NCCCCNc1c(F)cc([N+](=O)[O-])c2cccnc12. The van der Waals surface area contributed by atoms with Gasteiger partial charge < -0.3 is 11.1 Å². The topological polar surface area (TPSA) is 94.1 Å². The van der Waals surface area contributed by atoms with Crippen LogP contribution in [0.25, 0.3) is 10.9 Å². The summed E-state index contributed by atoms with van der Waals surface area (Å²) in [5, 5.41) is 14.2. The van der Waals surface area contributed by atoms with Crippen molar-refractivity contribution in [1.82, 2.24) is 4.98 Å². The number of nitrogens with zero attached hydrogens (tertiary/aromatic N) is 2. The molecule has 0 radical (unpaired) electrons. The van der Waals surface area contributed by atoms with Crippen LogP contribution in [-0.4, -0.2) is 23.0 Å². The number of nitrogens with one attached hydrogen (secondary N) is 1. The number of nitrogens with two attached hydrogens (primary N) is 1. The molecule has 0 aliphatic carbocycles. The average Bonchev–Trinajstić information content (AvgIpc) is 2.44. The smallest absolute Gasteiger partial charge is 0.281 e. The van der Waals surface area contributed by atoms with E-state index in [0.717, 1.165) is 18.9 Å². The monoisotopic (exact) mass is 278 g/mol. The Balaban J connectivity index is 2.42. The molecule has 0 amide bonds. The number of nitro benzene ring substituents is 1. The Bertz CT molecular complexity index is 633. The Labute approximate surface area is 115 Å². The molecular weight excluding hydrogens is 263 g/mol. The largest absolute Gasteiger partial charge is 0.381 e. The number of non-ortho nitro benzene ring substituents is 1. The lowest BCUT2D eigenvalue weighted by Crippen LogP contribution is -2.08. The fourth-order valence-electron chi connectivity index (χ4n) is 2.00. The summed E-state index contributed by atoms with van der Waals surface area (Å²) in [5.74, 6) is -0.671. The number of aromatic nitrogens is 1. The molecular formula is C13H15FN4O2. The summed E-state index contributed by atoms with van der Waals surface area (Å²) in [7, 11) is 0. The molecule has 0 aliphatic heterocycles. The Morgan fingerprint density at radius 2 is 2.25 bits per heavy atom.